The van der Waals surface area contributed by atoms with E-state index in [0.717, 1.165) is 5.92 Å². The van der Waals surface area contributed by atoms with Crippen LogP contribution in [-0.2, 0) is 0 Å². The van der Waals surface area contributed by atoms with Crippen molar-refractivity contribution in [2.24, 2.45) is 16.7 Å². The summed E-state index contributed by atoms with van der Waals surface area (Å²) in [5.74, 6) is 0.869. The highest BCUT2D eigenvalue weighted by atomic mass is 14.4. The average Bonchev–Trinajstić information content (AvgIpc) is 1.92. The molecule has 0 saturated heterocycles. The molecule has 0 radical (unpaired) electrons. The number of rotatable bonds is 0. The van der Waals surface area contributed by atoms with Crippen LogP contribution in [0.1, 0.15) is 53.9 Å². The number of hydrogen-bond acceptors (Lipinski definition) is 0. The highest BCUT2D eigenvalue weighted by molar-refractivity contribution is 5.11. The summed E-state index contributed by atoms with van der Waals surface area (Å²) in [5.41, 5.74) is 2.29. The molecule has 0 nitrogen and oxygen atoms in total. The van der Waals surface area contributed by atoms with Gasteiger partial charge in [-0.25, -0.2) is 0 Å². The standard InChI is InChI=1S/C13H24/c1-10-7-8-11(12(2,3)4)9-13(10,5)6/h11H,1,7-9H2,2-6H3. The predicted octanol–water partition coefficient (Wildman–Crippen LogP) is 4.42. The Morgan fingerprint density at radius 2 is 1.85 bits per heavy atom. The molecule has 1 rings (SSSR count). The van der Waals surface area contributed by atoms with Crippen LogP contribution in [0.3, 0.4) is 0 Å². The topological polar surface area (TPSA) is 0 Å². The Morgan fingerprint density at radius 3 is 2.23 bits per heavy atom. The zero-order chi connectivity index (χ0) is 10.3. The van der Waals surface area contributed by atoms with Gasteiger partial charge in [0.25, 0.3) is 0 Å². The average molecular weight is 180 g/mol. The van der Waals surface area contributed by atoms with Crippen LogP contribution in [0.2, 0.25) is 0 Å². The molecule has 0 spiro atoms. The molecule has 0 aromatic carbocycles. The first-order valence-electron chi connectivity index (χ1n) is 5.42. The van der Waals surface area contributed by atoms with Crippen LogP contribution in [0.5, 0.6) is 0 Å². The molecule has 76 valence electrons. The Hall–Kier alpha value is -0.260. The van der Waals surface area contributed by atoms with Gasteiger partial charge in [-0.15, -0.1) is 0 Å². The van der Waals surface area contributed by atoms with Gasteiger partial charge in [0.2, 0.25) is 0 Å². The van der Waals surface area contributed by atoms with Gasteiger partial charge in [-0.05, 0) is 36.0 Å². The Bertz CT molecular complexity index is 203. The van der Waals surface area contributed by atoms with E-state index in [1.165, 1.54) is 24.8 Å². The molecule has 1 aliphatic carbocycles. The van der Waals surface area contributed by atoms with Crippen molar-refractivity contribution in [3.8, 4) is 0 Å². The number of allylic oxidation sites excluding steroid dienone is 1. The summed E-state index contributed by atoms with van der Waals surface area (Å²) < 4.78 is 0. The first-order chi connectivity index (χ1) is 5.73. The number of hydrogen-bond donors (Lipinski definition) is 0. The zero-order valence-corrected chi connectivity index (χ0v) is 9.91. The lowest BCUT2D eigenvalue weighted by Crippen LogP contribution is -2.32. The minimum absolute atomic E-state index is 0.371. The monoisotopic (exact) mass is 180 g/mol. The highest BCUT2D eigenvalue weighted by Gasteiger charge is 2.36. The largest absolute Gasteiger partial charge is 0.0993 e. The quantitative estimate of drug-likeness (QED) is 0.484. The normalized spacial score (nSPS) is 29.0. The molecule has 1 unspecified atom stereocenters. The van der Waals surface area contributed by atoms with Gasteiger partial charge in [0.15, 0.2) is 0 Å². The Labute approximate surface area is 83.4 Å². The van der Waals surface area contributed by atoms with Crippen LogP contribution in [0, 0.1) is 16.7 Å². The van der Waals surface area contributed by atoms with Crippen LogP contribution in [0.4, 0.5) is 0 Å². The highest BCUT2D eigenvalue weighted by Crippen LogP contribution is 2.47. The Morgan fingerprint density at radius 1 is 1.31 bits per heavy atom. The van der Waals surface area contributed by atoms with Crippen LogP contribution in [0.15, 0.2) is 12.2 Å². The minimum atomic E-state index is 0.371. The van der Waals surface area contributed by atoms with Crippen molar-refractivity contribution in [3.05, 3.63) is 12.2 Å². The van der Waals surface area contributed by atoms with E-state index < -0.39 is 0 Å². The molecular weight excluding hydrogens is 156 g/mol. The molecule has 0 bridgehead atoms. The molecule has 0 aliphatic heterocycles. The van der Waals surface area contributed by atoms with Gasteiger partial charge in [-0.3, -0.25) is 0 Å². The van der Waals surface area contributed by atoms with Gasteiger partial charge in [-0.2, -0.15) is 0 Å². The fourth-order valence-corrected chi connectivity index (χ4v) is 2.29. The Balaban J connectivity index is 2.72. The van der Waals surface area contributed by atoms with E-state index in [4.69, 9.17) is 0 Å². The van der Waals surface area contributed by atoms with Gasteiger partial charge in [-0.1, -0.05) is 46.8 Å². The summed E-state index contributed by atoms with van der Waals surface area (Å²) in [6.07, 6.45) is 3.88. The van der Waals surface area contributed by atoms with Crippen LogP contribution < -0.4 is 0 Å². The lowest BCUT2D eigenvalue weighted by Gasteiger charge is -2.43. The lowest BCUT2D eigenvalue weighted by atomic mass is 9.62. The molecule has 0 aromatic heterocycles. The second-order valence-electron chi connectivity index (χ2n) is 6.29. The van der Waals surface area contributed by atoms with Gasteiger partial charge in [0.1, 0.15) is 0 Å². The summed E-state index contributed by atoms with van der Waals surface area (Å²) in [7, 11) is 0. The molecule has 0 N–H and O–H groups in total. The van der Waals surface area contributed by atoms with Crippen molar-refractivity contribution in [2.75, 3.05) is 0 Å². The first-order valence-corrected chi connectivity index (χ1v) is 5.42. The Kier molecular flexibility index (Phi) is 2.62. The third-order valence-corrected chi connectivity index (χ3v) is 3.73. The lowest BCUT2D eigenvalue weighted by molar-refractivity contribution is 0.135. The third kappa shape index (κ3) is 2.36. The van der Waals surface area contributed by atoms with Crippen LogP contribution in [0.25, 0.3) is 0 Å². The fraction of sp³-hybridized carbons (Fsp3) is 0.846. The van der Waals surface area contributed by atoms with Crippen molar-refractivity contribution >= 4 is 0 Å². The molecule has 0 heteroatoms. The maximum absolute atomic E-state index is 4.18. The van der Waals surface area contributed by atoms with E-state index in [0.29, 0.717) is 10.8 Å². The first kappa shape index (κ1) is 10.8. The van der Waals surface area contributed by atoms with Crippen LogP contribution >= 0.6 is 0 Å². The van der Waals surface area contributed by atoms with Crippen molar-refractivity contribution in [2.45, 2.75) is 53.9 Å². The van der Waals surface area contributed by atoms with Crippen molar-refractivity contribution < 1.29 is 0 Å². The van der Waals surface area contributed by atoms with Gasteiger partial charge in [0, 0.05) is 0 Å². The van der Waals surface area contributed by atoms with E-state index in [-0.39, 0.29) is 0 Å². The van der Waals surface area contributed by atoms with E-state index in [9.17, 15) is 0 Å². The zero-order valence-electron chi connectivity index (χ0n) is 9.91. The summed E-state index contributed by atoms with van der Waals surface area (Å²) in [5, 5.41) is 0. The predicted molar refractivity (Wildman–Crippen MR) is 59.7 cm³/mol. The summed E-state index contributed by atoms with van der Waals surface area (Å²) >= 11 is 0. The SMILES string of the molecule is C=C1CCC(C(C)(C)C)CC1(C)C. The van der Waals surface area contributed by atoms with E-state index >= 15 is 0 Å². The second-order valence-corrected chi connectivity index (χ2v) is 6.29. The van der Waals surface area contributed by atoms with Crippen molar-refractivity contribution in [3.63, 3.8) is 0 Å². The van der Waals surface area contributed by atoms with E-state index in [1.54, 1.807) is 0 Å². The smallest absolute Gasteiger partial charge is 0.0145 e. The maximum atomic E-state index is 4.18. The van der Waals surface area contributed by atoms with Gasteiger partial charge in [0.05, 0.1) is 0 Å². The van der Waals surface area contributed by atoms with Gasteiger partial charge >= 0.3 is 0 Å². The van der Waals surface area contributed by atoms with E-state index in [2.05, 4.69) is 41.2 Å². The molecule has 0 aromatic rings. The molecule has 1 fully saturated rings. The summed E-state index contributed by atoms with van der Waals surface area (Å²) in [4.78, 5) is 0. The van der Waals surface area contributed by atoms with Crippen LogP contribution in [-0.4, -0.2) is 0 Å². The molecule has 13 heavy (non-hydrogen) atoms. The van der Waals surface area contributed by atoms with Crippen molar-refractivity contribution in [1.82, 2.24) is 0 Å². The molecular formula is C13H24. The minimum Gasteiger partial charge on any atom is -0.0993 e. The molecule has 1 atom stereocenters. The maximum Gasteiger partial charge on any atom is -0.0145 e. The summed E-state index contributed by atoms with van der Waals surface area (Å²) in [6.45, 7) is 16.0. The fourth-order valence-electron chi connectivity index (χ4n) is 2.29. The van der Waals surface area contributed by atoms with Crippen molar-refractivity contribution in [1.29, 1.82) is 0 Å². The molecule has 0 heterocycles. The molecule has 1 aliphatic rings. The van der Waals surface area contributed by atoms with E-state index in [1.807, 2.05) is 0 Å². The summed E-state index contributed by atoms with van der Waals surface area (Å²) in [6, 6.07) is 0. The van der Waals surface area contributed by atoms with Gasteiger partial charge < -0.3 is 0 Å². The second kappa shape index (κ2) is 3.15. The molecule has 1 saturated carbocycles. The third-order valence-electron chi connectivity index (χ3n) is 3.73. The molecule has 0 amide bonds.